The van der Waals surface area contributed by atoms with E-state index in [1.54, 1.807) is 24.1 Å². The largest absolute Gasteiger partial charge is 0.497 e. The topological polar surface area (TPSA) is 79.4 Å². The fourth-order valence-corrected chi connectivity index (χ4v) is 1.80. The number of esters is 1. The number of ether oxygens (including phenoxy) is 2. The number of hydrogen-bond donors (Lipinski definition) is 1. The molecule has 0 radical (unpaired) electrons. The van der Waals surface area contributed by atoms with Crippen molar-refractivity contribution in [1.29, 1.82) is 0 Å². The van der Waals surface area contributed by atoms with Crippen molar-refractivity contribution in [3.8, 4) is 5.75 Å². The molecule has 0 saturated carbocycles. The van der Waals surface area contributed by atoms with Crippen LogP contribution < -0.4 is 10.5 Å². The number of methoxy groups -OCH3 is 2. The number of hydrogen-bond acceptors (Lipinski definition) is 5. The van der Waals surface area contributed by atoms with E-state index < -0.39 is 5.97 Å². The van der Waals surface area contributed by atoms with Crippen molar-refractivity contribution in [1.82, 2.24) is 9.78 Å². The van der Waals surface area contributed by atoms with Crippen molar-refractivity contribution >= 4 is 17.9 Å². The first-order chi connectivity index (χ1) is 10.1. The van der Waals surface area contributed by atoms with Gasteiger partial charge in [-0.05, 0) is 23.8 Å². The molecule has 0 atom stereocenters. The summed E-state index contributed by atoms with van der Waals surface area (Å²) in [4.78, 5) is 11.1. The average molecular weight is 287 g/mol. The predicted octanol–water partition coefficient (Wildman–Crippen LogP) is 1.71. The molecule has 2 N–H and O–H groups in total. The number of nitrogen functional groups attached to an aromatic ring is 1. The summed E-state index contributed by atoms with van der Waals surface area (Å²) >= 11 is 0. The van der Waals surface area contributed by atoms with Gasteiger partial charge in [-0.1, -0.05) is 12.1 Å². The van der Waals surface area contributed by atoms with Gasteiger partial charge in [-0.25, -0.2) is 4.79 Å². The molecular formula is C15H17N3O3. The number of anilines is 1. The quantitative estimate of drug-likeness (QED) is 0.669. The number of carbonyl (C=O) groups is 1. The number of nitrogens with zero attached hydrogens (tertiary/aromatic N) is 2. The van der Waals surface area contributed by atoms with Crippen LogP contribution in [0.15, 0.2) is 36.5 Å². The second-order valence-electron chi connectivity index (χ2n) is 4.37. The first-order valence-corrected chi connectivity index (χ1v) is 6.34. The predicted molar refractivity (Wildman–Crippen MR) is 79.8 cm³/mol. The summed E-state index contributed by atoms with van der Waals surface area (Å²) < 4.78 is 11.4. The van der Waals surface area contributed by atoms with Crippen LogP contribution in [0.3, 0.4) is 0 Å². The van der Waals surface area contributed by atoms with E-state index in [9.17, 15) is 4.79 Å². The molecule has 110 valence electrons. The number of nitrogens with two attached hydrogens (primary N) is 1. The van der Waals surface area contributed by atoms with Gasteiger partial charge in [0.25, 0.3) is 0 Å². The summed E-state index contributed by atoms with van der Waals surface area (Å²) in [5, 5.41) is 4.21. The summed E-state index contributed by atoms with van der Waals surface area (Å²) in [6.45, 7) is 0.584. The SMILES string of the molecule is COC(=O)/C=C\c1cn(Cc2ccc(OC)cc2)nc1N. The molecule has 1 aromatic heterocycles. The Morgan fingerprint density at radius 3 is 2.67 bits per heavy atom. The van der Waals surface area contributed by atoms with Crippen molar-refractivity contribution in [3.63, 3.8) is 0 Å². The maximum absolute atomic E-state index is 11.1. The number of rotatable bonds is 5. The summed E-state index contributed by atoms with van der Waals surface area (Å²) in [5.41, 5.74) is 7.56. The van der Waals surface area contributed by atoms with Gasteiger partial charge in [0.2, 0.25) is 0 Å². The van der Waals surface area contributed by atoms with E-state index in [-0.39, 0.29) is 0 Å². The molecule has 1 heterocycles. The van der Waals surface area contributed by atoms with E-state index >= 15 is 0 Å². The minimum Gasteiger partial charge on any atom is -0.497 e. The highest BCUT2D eigenvalue weighted by Gasteiger charge is 2.04. The van der Waals surface area contributed by atoms with Crippen LogP contribution in [0.5, 0.6) is 5.75 Å². The Morgan fingerprint density at radius 1 is 1.33 bits per heavy atom. The van der Waals surface area contributed by atoms with Gasteiger partial charge in [0, 0.05) is 17.8 Å². The van der Waals surface area contributed by atoms with E-state index in [4.69, 9.17) is 10.5 Å². The zero-order valence-corrected chi connectivity index (χ0v) is 11.9. The van der Waals surface area contributed by atoms with Crippen LogP contribution in [0.25, 0.3) is 6.08 Å². The molecule has 0 aliphatic carbocycles. The van der Waals surface area contributed by atoms with E-state index in [1.807, 2.05) is 24.3 Å². The first kappa shape index (κ1) is 14.6. The van der Waals surface area contributed by atoms with Gasteiger partial charge in [0.15, 0.2) is 5.82 Å². The molecule has 0 saturated heterocycles. The second-order valence-corrected chi connectivity index (χ2v) is 4.37. The van der Waals surface area contributed by atoms with Gasteiger partial charge in [0.05, 0.1) is 20.8 Å². The number of benzene rings is 1. The Balaban J connectivity index is 2.10. The zero-order valence-electron chi connectivity index (χ0n) is 11.9. The fraction of sp³-hybridized carbons (Fsp3) is 0.200. The Morgan fingerprint density at radius 2 is 2.05 bits per heavy atom. The summed E-state index contributed by atoms with van der Waals surface area (Å²) in [6.07, 6.45) is 4.67. The van der Waals surface area contributed by atoms with Gasteiger partial charge < -0.3 is 15.2 Å². The Bertz CT molecular complexity index is 645. The second kappa shape index (κ2) is 6.60. The molecular weight excluding hydrogens is 270 g/mol. The van der Waals surface area contributed by atoms with Gasteiger partial charge >= 0.3 is 5.97 Å². The standard InChI is InChI=1S/C15H17N3O3/c1-20-13-6-3-11(4-7-13)9-18-10-12(15(16)17-18)5-8-14(19)21-2/h3-8,10H,9H2,1-2H3,(H2,16,17)/b8-5-. The van der Waals surface area contributed by atoms with E-state index in [2.05, 4.69) is 9.84 Å². The van der Waals surface area contributed by atoms with Crippen molar-refractivity contribution < 1.29 is 14.3 Å². The third-order valence-electron chi connectivity index (χ3n) is 2.92. The Hall–Kier alpha value is -2.76. The fourth-order valence-electron chi connectivity index (χ4n) is 1.80. The van der Waals surface area contributed by atoms with E-state index in [0.717, 1.165) is 11.3 Å². The number of aromatic nitrogens is 2. The molecule has 1 aromatic carbocycles. The van der Waals surface area contributed by atoms with Gasteiger partial charge in [-0.2, -0.15) is 5.10 Å². The summed E-state index contributed by atoms with van der Waals surface area (Å²) in [7, 11) is 2.95. The van der Waals surface area contributed by atoms with Crippen LogP contribution in [0.4, 0.5) is 5.82 Å². The lowest BCUT2D eigenvalue weighted by atomic mass is 10.2. The minimum absolute atomic E-state index is 0.365. The summed E-state index contributed by atoms with van der Waals surface area (Å²) in [6, 6.07) is 7.70. The smallest absolute Gasteiger partial charge is 0.330 e. The molecule has 0 bridgehead atoms. The van der Waals surface area contributed by atoms with Gasteiger partial charge in [0.1, 0.15) is 5.75 Å². The molecule has 0 spiro atoms. The van der Waals surface area contributed by atoms with Crippen molar-refractivity contribution in [2.24, 2.45) is 0 Å². The van der Waals surface area contributed by atoms with Crippen molar-refractivity contribution in [3.05, 3.63) is 47.7 Å². The third-order valence-corrected chi connectivity index (χ3v) is 2.92. The van der Waals surface area contributed by atoms with Crippen LogP contribution in [0.2, 0.25) is 0 Å². The van der Waals surface area contributed by atoms with Crippen molar-refractivity contribution in [2.45, 2.75) is 6.54 Å². The number of carbonyl (C=O) groups excluding carboxylic acids is 1. The molecule has 6 nitrogen and oxygen atoms in total. The molecule has 0 unspecified atom stereocenters. The minimum atomic E-state index is -0.433. The Labute approximate surface area is 122 Å². The molecule has 0 fully saturated rings. The maximum Gasteiger partial charge on any atom is 0.330 e. The maximum atomic E-state index is 11.1. The van der Waals surface area contributed by atoms with Gasteiger partial charge in [-0.3, -0.25) is 4.68 Å². The highest BCUT2D eigenvalue weighted by molar-refractivity contribution is 5.87. The molecule has 2 aromatic rings. The molecule has 2 rings (SSSR count). The van der Waals surface area contributed by atoms with Crippen LogP contribution in [0, 0.1) is 0 Å². The molecule has 0 amide bonds. The van der Waals surface area contributed by atoms with Crippen LogP contribution in [-0.2, 0) is 16.1 Å². The van der Waals surface area contributed by atoms with Crippen molar-refractivity contribution in [2.75, 3.05) is 20.0 Å². The highest BCUT2D eigenvalue weighted by Crippen LogP contribution is 2.15. The molecule has 21 heavy (non-hydrogen) atoms. The van der Waals surface area contributed by atoms with Crippen LogP contribution in [0.1, 0.15) is 11.1 Å². The summed E-state index contributed by atoms with van der Waals surface area (Å²) in [5.74, 6) is 0.737. The van der Waals surface area contributed by atoms with E-state index in [0.29, 0.717) is 17.9 Å². The van der Waals surface area contributed by atoms with Gasteiger partial charge in [-0.15, -0.1) is 0 Å². The molecule has 0 aliphatic rings. The average Bonchev–Trinajstić information content (AvgIpc) is 2.85. The normalized spacial score (nSPS) is 10.8. The zero-order chi connectivity index (χ0) is 15.2. The highest BCUT2D eigenvalue weighted by atomic mass is 16.5. The third kappa shape index (κ3) is 3.85. The first-order valence-electron chi connectivity index (χ1n) is 6.34. The van der Waals surface area contributed by atoms with Crippen LogP contribution in [-0.4, -0.2) is 30.0 Å². The van der Waals surface area contributed by atoms with E-state index in [1.165, 1.54) is 13.2 Å². The van der Waals surface area contributed by atoms with Crippen LogP contribution >= 0.6 is 0 Å². The lowest BCUT2D eigenvalue weighted by molar-refractivity contribution is -0.134. The lowest BCUT2D eigenvalue weighted by Gasteiger charge is -2.03. The monoisotopic (exact) mass is 287 g/mol. The lowest BCUT2D eigenvalue weighted by Crippen LogP contribution is -2.00. The molecule has 6 heteroatoms. The molecule has 0 aliphatic heterocycles. The Kier molecular flexibility index (Phi) is 4.61.